The number of carbonyl (C=O) groups excluding carboxylic acids is 2. The molecule has 0 saturated heterocycles. The van der Waals surface area contributed by atoms with Crippen molar-refractivity contribution in [2.24, 2.45) is 0 Å². The third-order valence-electron chi connectivity index (χ3n) is 4.08. The summed E-state index contributed by atoms with van der Waals surface area (Å²) in [5.74, 6) is -2.22. The molecule has 25 heavy (non-hydrogen) atoms. The second-order valence-corrected chi connectivity index (χ2v) is 6.32. The molecule has 0 aliphatic heterocycles. The molecule has 0 heterocycles. The van der Waals surface area contributed by atoms with Crippen molar-refractivity contribution in [3.63, 3.8) is 0 Å². The van der Waals surface area contributed by atoms with Gasteiger partial charge >= 0.3 is 59.1 Å². The maximum Gasteiger partial charge on any atom is 1.00 e. The van der Waals surface area contributed by atoms with Crippen molar-refractivity contribution in [1.82, 2.24) is 5.32 Å². The molecule has 0 radical (unpaired) electrons. The van der Waals surface area contributed by atoms with Crippen molar-refractivity contribution in [3.8, 4) is 0 Å². The first-order chi connectivity index (χ1) is 11.1. The van der Waals surface area contributed by atoms with Crippen molar-refractivity contribution in [1.29, 1.82) is 0 Å². The molecule has 0 aliphatic rings. The maximum atomic E-state index is 10.7. The normalized spacial score (nSPS) is 11.2. The van der Waals surface area contributed by atoms with Crippen LogP contribution in [0.3, 0.4) is 0 Å². The van der Waals surface area contributed by atoms with Crippen LogP contribution >= 0.6 is 0 Å². The summed E-state index contributed by atoms with van der Waals surface area (Å²) in [4.78, 5) is 21.1. The molecule has 0 spiro atoms. The third-order valence-corrected chi connectivity index (χ3v) is 4.08. The Labute approximate surface area is 197 Å². The molecule has 0 aromatic rings. The summed E-state index contributed by atoms with van der Waals surface area (Å²) < 4.78 is 0. The summed E-state index contributed by atoms with van der Waals surface area (Å²) in [7, 11) is 0. The Morgan fingerprint density at radius 1 is 0.800 bits per heavy atom. The minimum Gasteiger partial charge on any atom is -0.550 e. The molecule has 0 saturated carbocycles. The summed E-state index contributed by atoms with van der Waals surface area (Å²) in [6, 6.07) is -0.201. The first-order valence-electron chi connectivity index (χ1n) is 9.19. The van der Waals surface area contributed by atoms with Gasteiger partial charge in [-0.05, 0) is 12.8 Å². The minimum absolute atomic E-state index is 0. The molecule has 1 atom stereocenters. The van der Waals surface area contributed by atoms with Gasteiger partial charge < -0.3 is 25.1 Å². The topological polar surface area (TPSA) is 92.3 Å². The molecule has 1 N–H and O–H groups in total. The van der Waals surface area contributed by atoms with Crippen molar-refractivity contribution in [2.45, 2.75) is 96.4 Å². The van der Waals surface area contributed by atoms with E-state index in [0.717, 1.165) is 19.3 Å². The molecule has 7 heteroatoms. The largest absolute Gasteiger partial charge is 1.00 e. The number of unbranched alkanes of at least 4 members (excludes halogenated alkanes) is 9. The van der Waals surface area contributed by atoms with Crippen LogP contribution in [0.25, 0.3) is 0 Å². The van der Waals surface area contributed by atoms with E-state index in [9.17, 15) is 19.8 Å². The number of carboxylic acids is 2. The fourth-order valence-electron chi connectivity index (χ4n) is 2.73. The van der Waals surface area contributed by atoms with Gasteiger partial charge in [-0.25, -0.2) is 0 Å². The molecule has 1 unspecified atom stereocenters. The van der Waals surface area contributed by atoms with Gasteiger partial charge in [-0.2, -0.15) is 0 Å². The van der Waals surface area contributed by atoms with Gasteiger partial charge in [-0.1, -0.05) is 71.1 Å². The monoisotopic (exact) mass is 373 g/mol. The van der Waals surface area contributed by atoms with Crippen molar-refractivity contribution in [2.75, 3.05) is 6.54 Å². The zero-order valence-electron chi connectivity index (χ0n) is 16.6. The summed E-state index contributed by atoms with van der Waals surface area (Å²) in [6.45, 7) is 2.47. The van der Waals surface area contributed by atoms with E-state index in [2.05, 4.69) is 12.2 Å². The molecular formula is C18H33NNa2O4. The molecule has 0 bridgehead atoms. The van der Waals surface area contributed by atoms with Crippen LogP contribution in [0.1, 0.15) is 90.4 Å². The quantitative estimate of drug-likeness (QED) is 0.205. The van der Waals surface area contributed by atoms with E-state index in [4.69, 9.17) is 0 Å². The predicted molar refractivity (Wildman–Crippen MR) is 87.5 cm³/mol. The molecular weight excluding hydrogens is 340 g/mol. The average molecular weight is 373 g/mol. The SMILES string of the molecule is CCCCCCCCCCCCC(CC(=O)[O-])NCCC(=O)[O-].[Na+].[Na+]. The average Bonchev–Trinajstić information content (AvgIpc) is 2.48. The first-order valence-corrected chi connectivity index (χ1v) is 9.19. The van der Waals surface area contributed by atoms with Crippen LogP contribution in [-0.2, 0) is 9.59 Å². The third kappa shape index (κ3) is 24.9. The van der Waals surface area contributed by atoms with Crippen LogP contribution in [-0.4, -0.2) is 24.5 Å². The van der Waals surface area contributed by atoms with Crippen molar-refractivity contribution < 1.29 is 78.9 Å². The van der Waals surface area contributed by atoms with Gasteiger partial charge in [0.2, 0.25) is 0 Å². The van der Waals surface area contributed by atoms with E-state index in [-0.39, 0.29) is 84.5 Å². The van der Waals surface area contributed by atoms with E-state index >= 15 is 0 Å². The Kier molecular flexibility index (Phi) is 28.1. The Bertz CT molecular complexity index is 317. The predicted octanol–water partition coefficient (Wildman–Crippen LogP) is -4.46. The van der Waals surface area contributed by atoms with Crippen molar-refractivity contribution in [3.05, 3.63) is 0 Å². The van der Waals surface area contributed by atoms with E-state index in [0.29, 0.717) is 0 Å². The van der Waals surface area contributed by atoms with Crippen LogP contribution in [0, 0.1) is 0 Å². The molecule has 5 nitrogen and oxygen atoms in total. The molecule has 0 aliphatic carbocycles. The molecule has 0 rings (SSSR count). The number of carbonyl (C=O) groups is 2. The fraction of sp³-hybridized carbons (Fsp3) is 0.889. The second-order valence-electron chi connectivity index (χ2n) is 6.32. The molecule has 0 amide bonds. The Morgan fingerprint density at radius 2 is 1.28 bits per heavy atom. The molecule has 0 aromatic carbocycles. The number of hydrogen-bond acceptors (Lipinski definition) is 5. The van der Waals surface area contributed by atoms with Crippen LogP contribution in [0.4, 0.5) is 0 Å². The van der Waals surface area contributed by atoms with Gasteiger partial charge in [-0.3, -0.25) is 0 Å². The minimum atomic E-state index is -1.12. The van der Waals surface area contributed by atoms with Gasteiger partial charge in [0.15, 0.2) is 0 Å². The van der Waals surface area contributed by atoms with E-state index < -0.39 is 11.9 Å². The smallest absolute Gasteiger partial charge is 0.550 e. The van der Waals surface area contributed by atoms with E-state index in [1.54, 1.807) is 0 Å². The van der Waals surface area contributed by atoms with Gasteiger partial charge in [0.05, 0.1) is 0 Å². The van der Waals surface area contributed by atoms with Crippen molar-refractivity contribution >= 4 is 11.9 Å². The Morgan fingerprint density at radius 3 is 1.72 bits per heavy atom. The molecule has 136 valence electrons. The van der Waals surface area contributed by atoms with Gasteiger partial charge in [0.1, 0.15) is 0 Å². The van der Waals surface area contributed by atoms with E-state index in [1.807, 2.05) is 0 Å². The van der Waals surface area contributed by atoms with Gasteiger partial charge in [0.25, 0.3) is 0 Å². The van der Waals surface area contributed by atoms with E-state index in [1.165, 1.54) is 51.4 Å². The molecule has 0 fully saturated rings. The first kappa shape index (κ1) is 30.6. The zero-order valence-corrected chi connectivity index (χ0v) is 20.6. The maximum absolute atomic E-state index is 10.7. The summed E-state index contributed by atoms with van der Waals surface area (Å²) in [5, 5.41) is 24.0. The Balaban J connectivity index is -0.00000242. The Hall–Kier alpha value is 0.900. The van der Waals surface area contributed by atoms with Crippen LogP contribution < -0.4 is 74.6 Å². The van der Waals surface area contributed by atoms with Crippen LogP contribution in [0.5, 0.6) is 0 Å². The van der Waals surface area contributed by atoms with Crippen LogP contribution in [0.2, 0.25) is 0 Å². The zero-order chi connectivity index (χ0) is 17.3. The second kappa shape index (κ2) is 22.9. The molecule has 0 aromatic heterocycles. The number of nitrogens with one attached hydrogen (secondary N) is 1. The number of rotatable bonds is 17. The summed E-state index contributed by atoms with van der Waals surface area (Å²) in [5.41, 5.74) is 0. The summed E-state index contributed by atoms with van der Waals surface area (Å²) >= 11 is 0. The van der Waals surface area contributed by atoms with Crippen LogP contribution in [0.15, 0.2) is 0 Å². The number of carboxylic acid groups (broad SMARTS) is 2. The standard InChI is InChI=1S/C18H35NO4.2Na/c1-2-3-4-5-6-7-8-9-10-11-12-16(15-18(22)23)19-14-13-17(20)21;;/h16,19H,2-15H2,1H3,(H,20,21)(H,22,23);;/q;2*+1/p-2. The van der Waals surface area contributed by atoms with Gasteiger partial charge in [-0.15, -0.1) is 0 Å². The fourth-order valence-corrected chi connectivity index (χ4v) is 2.73. The summed E-state index contributed by atoms with van der Waals surface area (Å²) in [6.07, 6.45) is 13.0. The number of aliphatic carboxylic acids is 2. The van der Waals surface area contributed by atoms with Gasteiger partial charge in [0, 0.05) is 30.9 Å². The number of hydrogen-bond donors (Lipinski definition) is 1.